The van der Waals surface area contributed by atoms with Crippen LogP contribution in [0.15, 0.2) is 48.6 Å². The molecular formula is C71H131NO13. The van der Waals surface area contributed by atoms with Crippen molar-refractivity contribution in [3.05, 3.63) is 48.6 Å². The Bertz CT molecular complexity index is 1610. The van der Waals surface area contributed by atoms with Gasteiger partial charge in [0.25, 0.3) is 0 Å². The molecule has 0 aromatic carbocycles. The van der Waals surface area contributed by atoms with Gasteiger partial charge in [0.2, 0.25) is 5.91 Å². The Balaban J connectivity index is 1.67. The first-order valence-corrected chi connectivity index (χ1v) is 35.4. The van der Waals surface area contributed by atoms with Crippen LogP contribution in [0, 0.1) is 0 Å². The monoisotopic (exact) mass is 1210 g/mol. The molecule has 12 atom stereocenters. The zero-order valence-corrected chi connectivity index (χ0v) is 54.1. The van der Waals surface area contributed by atoms with E-state index < -0.39 is 86.8 Å². The molecule has 1 amide bonds. The van der Waals surface area contributed by atoms with Gasteiger partial charge in [0, 0.05) is 6.42 Å². The van der Waals surface area contributed by atoms with Crippen molar-refractivity contribution in [1.29, 1.82) is 0 Å². The lowest BCUT2D eigenvalue weighted by molar-refractivity contribution is -0.359. The van der Waals surface area contributed by atoms with Crippen LogP contribution in [0.5, 0.6) is 0 Å². The molecule has 2 aliphatic heterocycles. The lowest BCUT2D eigenvalue weighted by Gasteiger charge is -2.46. The predicted molar refractivity (Wildman–Crippen MR) is 346 cm³/mol. The number of hydrogen-bond donors (Lipinski definition) is 9. The van der Waals surface area contributed by atoms with E-state index in [1.807, 2.05) is 6.08 Å². The number of allylic oxidation sites excluding steroid dienone is 7. The van der Waals surface area contributed by atoms with Crippen LogP contribution in [-0.4, -0.2) is 140 Å². The van der Waals surface area contributed by atoms with Crippen molar-refractivity contribution in [1.82, 2.24) is 5.32 Å². The zero-order valence-electron chi connectivity index (χ0n) is 54.1. The molecule has 14 nitrogen and oxygen atoms in total. The minimum absolute atomic E-state index is 0.255. The average molecular weight is 1210 g/mol. The molecule has 2 heterocycles. The van der Waals surface area contributed by atoms with E-state index in [-0.39, 0.29) is 18.9 Å². The Morgan fingerprint density at radius 1 is 0.424 bits per heavy atom. The Kier molecular flexibility index (Phi) is 52.1. The molecule has 9 N–H and O–H groups in total. The molecular weight excluding hydrogens is 1070 g/mol. The molecule has 0 aromatic rings. The van der Waals surface area contributed by atoms with E-state index in [2.05, 4.69) is 55.6 Å². The Morgan fingerprint density at radius 3 is 1.24 bits per heavy atom. The number of aliphatic hydroxyl groups is 8. The number of carbonyl (C=O) groups is 1. The fourth-order valence-electron chi connectivity index (χ4n) is 11.6. The maximum Gasteiger partial charge on any atom is 0.220 e. The van der Waals surface area contributed by atoms with Gasteiger partial charge in [-0.1, -0.05) is 281 Å². The first-order chi connectivity index (χ1) is 41.6. The summed E-state index contributed by atoms with van der Waals surface area (Å²) in [7, 11) is 0. The van der Waals surface area contributed by atoms with Crippen LogP contribution in [0.25, 0.3) is 0 Å². The highest BCUT2D eigenvalue weighted by molar-refractivity contribution is 5.76. The predicted octanol–water partition coefficient (Wildman–Crippen LogP) is 14.3. The normalized spacial score (nSPS) is 23.8. The van der Waals surface area contributed by atoms with E-state index in [0.717, 1.165) is 51.4 Å². The molecule has 2 saturated heterocycles. The Morgan fingerprint density at radius 2 is 0.788 bits per heavy atom. The average Bonchev–Trinajstić information content (AvgIpc) is 3.69. The second-order valence-electron chi connectivity index (χ2n) is 25.0. The number of hydrogen-bond acceptors (Lipinski definition) is 13. The molecule has 0 radical (unpaired) electrons. The number of aliphatic hydroxyl groups excluding tert-OH is 8. The van der Waals surface area contributed by atoms with Gasteiger partial charge in [0.1, 0.15) is 48.8 Å². The summed E-state index contributed by atoms with van der Waals surface area (Å²) in [5, 5.41) is 87.3. The topological polar surface area (TPSA) is 228 Å². The summed E-state index contributed by atoms with van der Waals surface area (Å²) in [6.07, 6.45) is 56.1. The Labute approximate surface area is 518 Å². The van der Waals surface area contributed by atoms with Crippen molar-refractivity contribution in [2.45, 2.75) is 376 Å². The minimum Gasteiger partial charge on any atom is -0.394 e. The number of unbranched alkanes of at least 4 members (excludes halogenated alkanes) is 39. The van der Waals surface area contributed by atoms with Gasteiger partial charge in [0.15, 0.2) is 12.6 Å². The van der Waals surface area contributed by atoms with E-state index in [1.165, 1.54) is 218 Å². The molecule has 0 aliphatic carbocycles. The highest BCUT2D eigenvalue weighted by Crippen LogP contribution is 2.30. The van der Waals surface area contributed by atoms with E-state index in [0.29, 0.717) is 12.8 Å². The molecule has 0 spiro atoms. The molecule has 85 heavy (non-hydrogen) atoms. The number of rotatable bonds is 58. The second-order valence-corrected chi connectivity index (χ2v) is 25.0. The van der Waals surface area contributed by atoms with Crippen LogP contribution >= 0.6 is 0 Å². The summed E-state index contributed by atoms with van der Waals surface area (Å²) < 4.78 is 22.8. The van der Waals surface area contributed by atoms with Gasteiger partial charge >= 0.3 is 0 Å². The maximum absolute atomic E-state index is 13.3. The van der Waals surface area contributed by atoms with Gasteiger partial charge in [-0.2, -0.15) is 0 Å². The molecule has 14 heteroatoms. The van der Waals surface area contributed by atoms with Crippen LogP contribution in [-0.2, 0) is 23.7 Å². The summed E-state index contributed by atoms with van der Waals surface area (Å²) >= 11 is 0. The van der Waals surface area contributed by atoms with Crippen molar-refractivity contribution >= 4 is 5.91 Å². The number of nitrogens with one attached hydrogen (secondary N) is 1. The van der Waals surface area contributed by atoms with Gasteiger partial charge in [-0.25, -0.2) is 0 Å². The number of carbonyl (C=O) groups excluding carboxylic acids is 1. The van der Waals surface area contributed by atoms with Gasteiger partial charge in [-0.15, -0.1) is 0 Å². The highest BCUT2D eigenvalue weighted by atomic mass is 16.7. The summed E-state index contributed by atoms with van der Waals surface area (Å²) in [5.74, 6) is -0.255. The van der Waals surface area contributed by atoms with Crippen LogP contribution in [0.4, 0.5) is 0 Å². The molecule has 0 bridgehead atoms. The van der Waals surface area contributed by atoms with Crippen LogP contribution in [0.1, 0.15) is 303 Å². The zero-order chi connectivity index (χ0) is 61.6. The van der Waals surface area contributed by atoms with E-state index in [4.69, 9.17) is 18.9 Å². The molecule has 2 fully saturated rings. The van der Waals surface area contributed by atoms with Crippen molar-refractivity contribution in [3.8, 4) is 0 Å². The lowest BCUT2D eigenvalue weighted by atomic mass is 9.97. The van der Waals surface area contributed by atoms with Gasteiger partial charge in [-0.05, 0) is 64.2 Å². The summed E-state index contributed by atoms with van der Waals surface area (Å²) in [6.45, 7) is 2.79. The molecule has 498 valence electrons. The van der Waals surface area contributed by atoms with Gasteiger partial charge < -0.3 is 65.1 Å². The smallest absolute Gasteiger partial charge is 0.220 e. The van der Waals surface area contributed by atoms with Crippen LogP contribution in [0.2, 0.25) is 0 Å². The molecule has 2 aliphatic rings. The number of amides is 1. The third-order valence-corrected chi connectivity index (χ3v) is 17.2. The first-order valence-electron chi connectivity index (χ1n) is 35.4. The van der Waals surface area contributed by atoms with Crippen molar-refractivity contribution in [2.24, 2.45) is 0 Å². The molecule has 2 rings (SSSR count). The maximum atomic E-state index is 13.3. The minimum atomic E-state index is -1.79. The molecule has 0 aromatic heterocycles. The van der Waals surface area contributed by atoms with Crippen LogP contribution in [0.3, 0.4) is 0 Å². The fourth-order valence-corrected chi connectivity index (χ4v) is 11.6. The summed E-state index contributed by atoms with van der Waals surface area (Å²) in [4.78, 5) is 13.3. The lowest BCUT2D eigenvalue weighted by Crippen LogP contribution is -2.65. The molecule has 12 unspecified atom stereocenters. The number of ether oxygens (including phenoxy) is 4. The van der Waals surface area contributed by atoms with E-state index >= 15 is 0 Å². The second kappa shape index (κ2) is 56.0. The van der Waals surface area contributed by atoms with E-state index in [9.17, 15) is 45.6 Å². The van der Waals surface area contributed by atoms with E-state index in [1.54, 1.807) is 6.08 Å². The fraction of sp³-hybridized carbons (Fsp3) is 0.873. The highest BCUT2D eigenvalue weighted by Gasteiger charge is 2.51. The summed E-state index contributed by atoms with van der Waals surface area (Å²) in [5.41, 5.74) is 0. The third kappa shape index (κ3) is 40.3. The quantitative estimate of drug-likeness (QED) is 0.0204. The standard InChI is InChI=1S/C71H131NO13/c1-3-5-7-9-11-13-15-17-19-21-23-24-25-26-27-28-29-30-31-32-33-34-35-36-37-38-40-42-44-46-48-50-52-54-60(75)59(72-63(76)55-53-51-49-47-45-43-41-39-22-20-18-16-14-12-10-8-6-4-2)58-82-70-68(81)66(79)69(62(57-74)84-70)85-71-67(80)65(78)64(77)61(56-73)83-71/h14,16,20,22,44,46,52,54,59-62,64-71,73-75,77-81H,3-13,15,17-19,21,23-43,45,47-51,53,55-58H2,1-2H3,(H,72,76)/b16-14-,22-20-,46-44+,54-52+. The van der Waals surface area contributed by atoms with Crippen molar-refractivity contribution in [2.75, 3.05) is 19.8 Å². The molecule has 0 saturated carbocycles. The SMILES string of the molecule is CCCCCC/C=C\C/C=C\CCCCCCCCCC(=O)NC(COC1OC(CO)C(OC2OC(CO)C(O)C(O)C2O)C(O)C1O)C(O)/C=C/CC/C=C/CCCCCCCCCCCCCCCCCCCCCCCCCCCCC. The first kappa shape index (κ1) is 79.0. The third-order valence-electron chi connectivity index (χ3n) is 17.2. The Hall–Kier alpha value is -2.05. The summed E-state index contributed by atoms with van der Waals surface area (Å²) in [6, 6.07) is -0.938. The largest absolute Gasteiger partial charge is 0.394 e. The van der Waals surface area contributed by atoms with Crippen molar-refractivity contribution < 1.29 is 64.6 Å². The van der Waals surface area contributed by atoms with Gasteiger partial charge in [-0.3, -0.25) is 4.79 Å². The van der Waals surface area contributed by atoms with Crippen molar-refractivity contribution in [3.63, 3.8) is 0 Å². The van der Waals surface area contributed by atoms with Crippen LogP contribution < -0.4 is 5.32 Å². The van der Waals surface area contributed by atoms with Gasteiger partial charge in [0.05, 0.1) is 32.0 Å².